The van der Waals surface area contributed by atoms with Gasteiger partial charge in [0.1, 0.15) is 6.04 Å². The molecule has 1 aromatic heterocycles. The number of aromatic nitrogens is 1. The molecule has 4 nitrogen and oxygen atoms in total. The Morgan fingerprint density at radius 3 is 2.93 bits per heavy atom. The molecule has 0 saturated heterocycles. The van der Waals surface area contributed by atoms with Crippen LogP contribution in [-0.2, 0) is 4.79 Å². The van der Waals surface area contributed by atoms with Crippen molar-refractivity contribution < 1.29 is 4.79 Å². The summed E-state index contributed by atoms with van der Waals surface area (Å²) in [7, 11) is 0. The third kappa shape index (κ3) is 2.73. The first kappa shape index (κ1) is 10.5. The van der Waals surface area contributed by atoms with Gasteiger partial charge in [-0.25, -0.2) is 0 Å². The Balaban J connectivity index is 2.72. The van der Waals surface area contributed by atoms with E-state index >= 15 is 0 Å². The monoisotopic (exact) mass is 193 g/mol. The first-order valence-corrected chi connectivity index (χ1v) is 4.62. The SMILES string of the molecule is CCC(Nc1ccnc(C)c1)C(N)=O. The van der Waals surface area contributed by atoms with Crippen LogP contribution in [0.15, 0.2) is 18.3 Å². The lowest BCUT2D eigenvalue weighted by atomic mass is 10.2. The fourth-order valence-electron chi connectivity index (χ4n) is 1.21. The average Bonchev–Trinajstić information content (AvgIpc) is 2.14. The molecule has 0 aliphatic carbocycles. The maximum absolute atomic E-state index is 11.0. The summed E-state index contributed by atoms with van der Waals surface area (Å²) in [5.41, 5.74) is 7.01. The van der Waals surface area contributed by atoms with E-state index in [-0.39, 0.29) is 11.9 Å². The number of pyridine rings is 1. The molecule has 0 radical (unpaired) electrons. The lowest BCUT2D eigenvalue weighted by Gasteiger charge is -2.14. The molecule has 0 spiro atoms. The number of rotatable bonds is 4. The standard InChI is InChI=1S/C10H15N3O/c1-3-9(10(11)14)13-8-4-5-12-7(2)6-8/h4-6,9H,3H2,1-2H3,(H2,11,14)(H,12,13). The maximum Gasteiger partial charge on any atom is 0.239 e. The van der Waals surface area contributed by atoms with Crippen LogP contribution in [0, 0.1) is 6.92 Å². The molecule has 76 valence electrons. The Morgan fingerprint density at radius 1 is 1.71 bits per heavy atom. The van der Waals surface area contributed by atoms with Crippen molar-refractivity contribution in [2.24, 2.45) is 5.73 Å². The zero-order valence-electron chi connectivity index (χ0n) is 8.45. The molecule has 1 rings (SSSR count). The highest BCUT2D eigenvalue weighted by Crippen LogP contribution is 2.09. The number of aryl methyl sites for hydroxylation is 1. The van der Waals surface area contributed by atoms with Crippen molar-refractivity contribution in [1.82, 2.24) is 4.98 Å². The van der Waals surface area contributed by atoms with E-state index in [1.807, 2.05) is 26.0 Å². The van der Waals surface area contributed by atoms with E-state index in [1.165, 1.54) is 0 Å². The summed E-state index contributed by atoms with van der Waals surface area (Å²) >= 11 is 0. The van der Waals surface area contributed by atoms with Gasteiger partial charge in [-0.05, 0) is 25.5 Å². The molecule has 0 bridgehead atoms. The maximum atomic E-state index is 11.0. The van der Waals surface area contributed by atoms with Crippen molar-refractivity contribution in [3.63, 3.8) is 0 Å². The van der Waals surface area contributed by atoms with Crippen LogP contribution in [0.4, 0.5) is 5.69 Å². The van der Waals surface area contributed by atoms with Crippen LogP contribution in [0.3, 0.4) is 0 Å². The molecule has 1 aromatic rings. The molecular weight excluding hydrogens is 178 g/mol. The van der Waals surface area contributed by atoms with Gasteiger partial charge in [0.15, 0.2) is 0 Å². The fourth-order valence-corrected chi connectivity index (χ4v) is 1.21. The Hall–Kier alpha value is -1.58. The normalized spacial score (nSPS) is 12.1. The van der Waals surface area contributed by atoms with Crippen LogP contribution in [0.1, 0.15) is 19.0 Å². The third-order valence-electron chi connectivity index (χ3n) is 1.99. The van der Waals surface area contributed by atoms with E-state index in [0.717, 1.165) is 11.4 Å². The molecule has 1 atom stereocenters. The highest BCUT2D eigenvalue weighted by molar-refractivity contribution is 5.82. The molecule has 0 aromatic carbocycles. The van der Waals surface area contributed by atoms with Crippen molar-refractivity contribution in [2.75, 3.05) is 5.32 Å². The molecule has 1 amide bonds. The summed E-state index contributed by atoms with van der Waals surface area (Å²) in [6.07, 6.45) is 2.38. The van der Waals surface area contributed by atoms with Crippen molar-refractivity contribution in [3.8, 4) is 0 Å². The summed E-state index contributed by atoms with van der Waals surface area (Å²) in [5.74, 6) is -0.332. The van der Waals surface area contributed by atoms with Gasteiger partial charge in [0.2, 0.25) is 5.91 Å². The topological polar surface area (TPSA) is 68.0 Å². The Bertz CT molecular complexity index is 325. The van der Waals surface area contributed by atoms with E-state index in [9.17, 15) is 4.79 Å². The third-order valence-corrected chi connectivity index (χ3v) is 1.99. The number of amides is 1. The molecule has 1 heterocycles. The minimum Gasteiger partial charge on any atom is -0.374 e. The highest BCUT2D eigenvalue weighted by Gasteiger charge is 2.11. The van der Waals surface area contributed by atoms with Gasteiger partial charge in [0.25, 0.3) is 0 Å². The molecule has 0 aliphatic heterocycles. The number of primary amides is 1. The van der Waals surface area contributed by atoms with E-state index < -0.39 is 0 Å². The number of carbonyl (C=O) groups excluding carboxylic acids is 1. The summed E-state index contributed by atoms with van der Waals surface area (Å²) in [6.45, 7) is 3.81. The highest BCUT2D eigenvalue weighted by atomic mass is 16.1. The van der Waals surface area contributed by atoms with Gasteiger partial charge in [-0.2, -0.15) is 0 Å². The predicted octanol–water partition coefficient (Wildman–Crippen LogP) is 1.07. The van der Waals surface area contributed by atoms with Crippen LogP contribution >= 0.6 is 0 Å². The molecule has 0 saturated carbocycles. The zero-order chi connectivity index (χ0) is 10.6. The van der Waals surface area contributed by atoms with E-state index in [1.54, 1.807) is 6.20 Å². The molecule has 1 unspecified atom stereocenters. The Kier molecular flexibility index (Phi) is 3.45. The van der Waals surface area contributed by atoms with E-state index in [0.29, 0.717) is 6.42 Å². The van der Waals surface area contributed by atoms with Crippen LogP contribution in [0.25, 0.3) is 0 Å². The lowest BCUT2D eigenvalue weighted by Crippen LogP contribution is -2.34. The second-order valence-electron chi connectivity index (χ2n) is 3.19. The number of anilines is 1. The van der Waals surface area contributed by atoms with Gasteiger partial charge < -0.3 is 11.1 Å². The summed E-state index contributed by atoms with van der Waals surface area (Å²) in [4.78, 5) is 15.0. The number of nitrogens with zero attached hydrogens (tertiary/aromatic N) is 1. The summed E-state index contributed by atoms with van der Waals surface area (Å²) < 4.78 is 0. The van der Waals surface area contributed by atoms with Gasteiger partial charge in [-0.1, -0.05) is 6.92 Å². The average molecular weight is 193 g/mol. The molecule has 14 heavy (non-hydrogen) atoms. The van der Waals surface area contributed by atoms with Crippen molar-refractivity contribution in [3.05, 3.63) is 24.0 Å². The fraction of sp³-hybridized carbons (Fsp3) is 0.400. The molecule has 4 heteroatoms. The number of nitrogens with one attached hydrogen (secondary N) is 1. The lowest BCUT2D eigenvalue weighted by molar-refractivity contribution is -0.118. The van der Waals surface area contributed by atoms with Crippen LogP contribution < -0.4 is 11.1 Å². The molecule has 0 aliphatic rings. The smallest absolute Gasteiger partial charge is 0.239 e. The summed E-state index contributed by atoms with van der Waals surface area (Å²) in [6, 6.07) is 3.39. The molecular formula is C10H15N3O. The van der Waals surface area contributed by atoms with E-state index in [2.05, 4.69) is 10.3 Å². The first-order valence-electron chi connectivity index (χ1n) is 4.62. The Morgan fingerprint density at radius 2 is 2.43 bits per heavy atom. The van der Waals surface area contributed by atoms with Gasteiger partial charge in [-0.15, -0.1) is 0 Å². The molecule has 0 fully saturated rings. The largest absolute Gasteiger partial charge is 0.374 e. The minimum absolute atomic E-state index is 0.309. The zero-order valence-corrected chi connectivity index (χ0v) is 8.45. The van der Waals surface area contributed by atoms with Crippen molar-refractivity contribution >= 4 is 11.6 Å². The van der Waals surface area contributed by atoms with Gasteiger partial charge in [-0.3, -0.25) is 9.78 Å². The van der Waals surface area contributed by atoms with Gasteiger partial charge >= 0.3 is 0 Å². The number of hydrogen-bond donors (Lipinski definition) is 2. The summed E-state index contributed by atoms with van der Waals surface area (Å²) in [5, 5.41) is 3.05. The van der Waals surface area contributed by atoms with Crippen LogP contribution in [0.2, 0.25) is 0 Å². The van der Waals surface area contributed by atoms with Gasteiger partial charge in [0.05, 0.1) is 0 Å². The number of carbonyl (C=O) groups is 1. The molecule has 3 N–H and O–H groups in total. The number of hydrogen-bond acceptors (Lipinski definition) is 3. The second-order valence-corrected chi connectivity index (χ2v) is 3.19. The Labute approximate surface area is 83.5 Å². The quantitative estimate of drug-likeness (QED) is 0.751. The second kappa shape index (κ2) is 4.60. The van der Waals surface area contributed by atoms with E-state index in [4.69, 9.17) is 5.73 Å². The van der Waals surface area contributed by atoms with Crippen molar-refractivity contribution in [2.45, 2.75) is 26.3 Å². The van der Waals surface area contributed by atoms with Crippen molar-refractivity contribution in [1.29, 1.82) is 0 Å². The minimum atomic E-state index is -0.332. The first-order chi connectivity index (χ1) is 6.63. The van der Waals surface area contributed by atoms with Crippen LogP contribution in [0.5, 0.6) is 0 Å². The predicted molar refractivity (Wildman–Crippen MR) is 55.9 cm³/mol. The number of nitrogens with two attached hydrogens (primary N) is 1. The van der Waals surface area contributed by atoms with Gasteiger partial charge in [0, 0.05) is 17.6 Å². The van der Waals surface area contributed by atoms with Crippen LogP contribution in [-0.4, -0.2) is 16.9 Å².